The predicted octanol–water partition coefficient (Wildman–Crippen LogP) is 4.32. The summed E-state index contributed by atoms with van der Waals surface area (Å²) >= 11 is 5.97. The van der Waals surface area contributed by atoms with Gasteiger partial charge >= 0.3 is 0 Å². The molecule has 0 fully saturated rings. The lowest BCUT2D eigenvalue weighted by atomic mass is 10.1. The van der Waals surface area contributed by atoms with Gasteiger partial charge in [0.15, 0.2) is 0 Å². The van der Waals surface area contributed by atoms with E-state index >= 15 is 0 Å². The molecule has 1 N–H and O–H groups in total. The smallest absolute Gasteiger partial charge is 0.264 e. The number of hydrogen-bond acceptors (Lipinski definition) is 4. The molecule has 0 aliphatic heterocycles. The van der Waals surface area contributed by atoms with Crippen LogP contribution < -0.4 is 9.62 Å². The zero-order valence-electron chi connectivity index (χ0n) is 20.7. The topological polar surface area (TPSA) is 86.8 Å². The largest absolute Gasteiger partial charge is 0.357 e. The molecular weight excluding hydrogens is 498 g/mol. The Morgan fingerprint density at radius 1 is 0.944 bits per heavy atom. The van der Waals surface area contributed by atoms with Gasteiger partial charge in [-0.1, -0.05) is 48.0 Å². The Morgan fingerprint density at radius 3 is 2.17 bits per heavy atom. The van der Waals surface area contributed by atoms with Crippen molar-refractivity contribution in [2.45, 2.75) is 38.3 Å². The standard InChI is InChI=1S/C27H30ClN3O4S/c1-19-10-13-24(16-20(19)2)31(36(34,35)25-14-11-23(28)12-15-25)18-26(32)30(21(3)27(33)29-4)17-22-8-6-5-7-9-22/h5-16,21H,17-18H2,1-4H3,(H,29,33)/t21-/m0/s1. The van der Waals surface area contributed by atoms with E-state index in [9.17, 15) is 18.0 Å². The maximum atomic E-state index is 13.7. The monoisotopic (exact) mass is 527 g/mol. The molecule has 0 aromatic heterocycles. The second-order valence-corrected chi connectivity index (χ2v) is 10.8. The minimum atomic E-state index is -4.13. The lowest BCUT2D eigenvalue weighted by molar-refractivity contribution is -0.139. The quantitative estimate of drug-likeness (QED) is 0.449. The van der Waals surface area contributed by atoms with Crippen molar-refractivity contribution in [3.8, 4) is 0 Å². The van der Waals surface area contributed by atoms with Crippen LogP contribution in [0.25, 0.3) is 0 Å². The van der Waals surface area contributed by atoms with E-state index in [1.807, 2.05) is 50.2 Å². The summed E-state index contributed by atoms with van der Waals surface area (Å²) in [5, 5.41) is 2.97. The number of nitrogens with one attached hydrogen (secondary N) is 1. The molecule has 2 amide bonds. The Labute approximate surface area is 217 Å². The summed E-state index contributed by atoms with van der Waals surface area (Å²) in [7, 11) is -2.63. The molecule has 0 radical (unpaired) electrons. The molecule has 0 bridgehead atoms. The summed E-state index contributed by atoms with van der Waals surface area (Å²) in [6.45, 7) is 5.09. The maximum Gasteiger partial charge on any atom is 0.264 e. The molecule has 1 atom stereocenters. The number of hydrogen-bond donors (Lipinski definition) is 1. The highest BCUT2D eigenvalue weighted by Crippen LogP contribution is 2.27. The molecule has 3 aromatic carbocycles. The highest BCUT2D eigenvalue weighted by Gasteiger charge is 2.32. The molecule has 0 aliphatic carbocycles. The Kier molecular flexibility index (Phi) is 8.76. The first-order chi connectivity index (χ1) is 17.0. The molecule has 0 spiro atoms. The minimum Gasteiger partial charge on any atom is -0.357 e. The van der Waals surface area contributed by atoms with Gasteiger partial charge in [0.2, 0.25) is 11.8 Å². The van der Waals surface area contributed by atoms with Gasteiger partial charge in [-0.05, 0) is 73.9 Å². The summed E-state index contributed by atoms with van der Waals surface area (Å²) in [5.74, 6) is -0.858. The molecule has 36 heavy (non-hydrogen) atoms. The maximum absolute atomic E-state index is 13.7. The van der Waals surface area contributed by atoms with Gasteiger partial charge in [-0.25, -0.2) is 8.42 Å². The predicted molar refractivity (Wildman–Crippen MR) is 142 cm³/mol. The third-order valence-electron chi connectivity index (χ3n) is 6.07. The number of anilines is 1. The Balaban J connectivity index is 2.05. The SMILES string of the molecule is CNC(=O)[C@H](C)N(Cc1ccccc1)C(=O)CN(c1ccc(C)c(C)c1)S(=O)(=O)c1ccc(Cl)cc1. The summed E-state index contributed by atoms with van der Waals surface area (Å²) in [6.07, 6.45) is 0. The van der Waals surface area contributed by atoms with Crippen molar-refractivity contribution in [2.75, 3.05) is 17.9 Å². The zero-order chi connectivity index (χ0) is 26.5. The number of benzene rings is 3. The van der Waals surface area contributed by atoms with E-state index in [-0.39, 0.29) is 17.3 Å². The molecule has 9 heteroatoms. The van der Waals surface area contributed by atoms with Crippen molar-refractivity contribution in [1.29, 1.82) is 0 Å². The van der Waals surface area contributed by atoms with Crippen LogP contribution in [-0.2, 0) is 26.2 Å². The Bertz CT molecular complexity index is 1330. The van der Waals surface area contributed by atoms with Gasteiger partial charge in [0.1, 0.15) is 12.6 Å². The fourth-order valence-electron chi connectivity index (χ4n) is 3.71. The van der Waals surface area contributed by atoms with E-state index in [1.165, 1.54) is 36.2 Å². The molecule has 3 aromatic rings. The van der Waals surface area contributed by atoms with Crippen LogP contribution in [0.2, 0.25) is 5.02 Å². The van der Waals surface area contributed by atoms with Gasteiger partial charge in [0.05, 0.1) is 10.6 Å². The highest BCUT2D eigenvalue weighted by molar-refractivity contribution is 7.92. The van der Waals surface area contributed by atoms with Gasteiger partial charge in [-0.15, -0.1) is 0 Å². The highest BCUT2D eigenvalue weighted by atomic mass is 35.5. The zero-order valence-corrected chi connectivity index (χ0v) is 22.3. The van der Waals surface area contributed by atoms with E-state index in [4.69, 9.17) is 11.6 Å². The van der Waals surface area contributed by atoms with Crippen LogP contribution in [-0.4, -0.2) is 44.8 Å². The van der Waals surface area contributed by atoms with Gasteiger partial charge in [-0.2, -0.15) is 0 Å². The molecule has 0 heterocycles. The van der Waals surface area contributed by atoms with E-state index in [0.29, 0.717) is 10.7 Å². The van der Waals surface area contributed by atoms with Crippen molar-refractivity contribution in [3.63, 3.8) is 0 Å². The van der Waals surface area contributed by atoms with Crippen LogP contribution in [0.4, 0.5) is 5.69 Å². The first kappa shape index (κ1) is 27.2. The molecule has 3 rings (SSSR count). The summed E-state index contributed by atoms with van der Waals surface area (Å²) in [6, 6.07) is 19.4. The average molecular weight is 528 g/mol. The molecule has 0 unspecified atom stereocenters. The van der Waals surface area contributed by atoms with Crippen LogP contribution in [0.3, 0.4) is 0 Å². The summed E-state index contributed by atoms with van der Waals surface area (Å²) < 4.78 is 28.6. The van der Waals surface area contributed by atoms with E-state index < -0.39 is 28.5 Å². The molecule has 190 valence electrons. The van der Waals surface area contributed by atoms with Crippen molar-refractivity contribution in [2.24, 2.45) is 0 Å². The van der Waals surface area contributed by atoms with E-state index in [1.54, 1.807) is 19.1 Å². The van der Waals surface area contributed by atoms with Crippen molar-refractivity contribution < 1.29 is 18.0 Å². The fourth-order valence-corrected chi connectivity index (χ4v) is 5.25. The molecule has 0 saturated heterocycles. The lowest BCUT2D eigenvalue weighted by Gasteiger charge is -2.32. The van der Waals surface area contributed by atoms with Crippen molar-refractivity contribution in [1.82, 2.24) is 10.2 Å². The minimum absolute atomic E-state index is 0.00638. The number of likely N-dealkylation sites (N-methyl/N-ethyl adjacent to an activating group) is 1. The first-order valence-electron chi connectivity index (χ1n) is 11.4. The van der Waals surface area contributed by atoms with E-state index in [2.05, 4.69) is 5.32 Å². The number of carbonyl (C=O) groups is 2. The van der Waals surface area contributed by atoms with Gasteiger partial charge in [0, 0.05) is 18.6 Å². The van der Waals surface area contributed by atoms with E-state index in [0.717, 1.165) is 21.0 Å². The third-order valence-corrected chi connectivity index (χ3v) is 8.11. The fraction of sp³-hybridized carbons (Fsp3) is 0.259. The van der Waals surface area contributed by atoms with Crippen molar-refractivity contribution in [3.05, 3.63) is 94.5 Å². The van der Waals surface area contributed by atoms with Crippen LogP contribution in [0, 0.1) is 13.8 Å². The van der Waals surface area contributed by atoms with Crippen LogP contribution in [0.15, 0.2) is 77.7 Å². The van der Waals surface area contributed by atoms with Gasteiger partial charge in [0.25, 0.3) is 10.0 Å². The number of aryl methyl sites for hydroxylation is 2. The first-order valence-corrected chi connectivity index (χ1v) is 13.3. The molecule has 0 aliphatic rings. The number of sulfonamides is 1. The number of amides is 2. The Morgan fingerprint density at radius 2 is 1.58 bits per heavy atom. The van der Waals surface area contributed by atoms with Gasteiger partial charge < -0.3 is 10.2 Å². The summed E-state index contributed by atoms with van der Waals surface area (Å²) in [5.41, 5.74) is 3.05. The second-order valence-electron chi connectivity index (χ2n) is 8.53. The van der Waals surface area contributed by atoms with Crippen molar-refractivity contribution >= 4 is 39.1 Å². The number of carbonyl (C=O) groups excluding carboxylic acids is 2. The Hall–Kier alpha value is -3.36. The van der Waals surface area contributed by atoms with Crippen LogP contribution >= 0.6 is 11.6 Å². The normalized spacial score (nSPS) is 12.0. The third kappa shape index (κ3) is 6.25. The van der Waals surface area contributed by atoms with Crippen LogP contribution in [0.1, 0.15) is 23.6 Å². The second kappa shape index (κ2) is 11.6. The molecule has 0 saturated carbocycles. The average Bonchev–Trinajstić information content (AvgIpc) is 2.87. The number of rotatable bonds is 9. The molecular formula is C27H30ClN3O4S. The number of nitrogens with zero attached hydrogens (tertiary/aromatic N) is 2. The summed E-state index contributed by atoms with van der Waals surface area (Å²) in [4.78, 5) is 27.6. The van der Waals surface area contributed by atoms with Crippen LogP contribution in [0.5, 0.6) is 0 Å². The lowest BCUT2D eigenvalue weighted by Crippen LogP contribution is -2.50. The molecule has 7 nitrogen and oxygen atoms in total. The number of halogens is 1. The van der Waals surface area contributed by atoms with Gasteiger partial charge in [-0.3, -0.25) is 13.9 Å².